The van der Waals surface area contributed by atoms with E-state index >= 15 is 0 Å². The zero-order valence-corrected chi connectivity index (χ0v) is 9.66. The molecule has 0 saturated carbocycles. The molecule has 2 rings (SSSR count). The van der Waals surface area contributed by atoms with E-state index in [9.17, 15) is 23.1 Å². The van der Waals surface area contributed by atoms with Gasteiger partial charge in [0, 0.05) is 5.56 Å². The Bertz CT molecular complexity index is 457. The number of aliphatic hydroxyl groups is 1. The highest BCUT2D eigenvalue weighted by Gasteiger charge is 2.39. The van der Waals surface area contributed by atoms with Gasteiger partial charge in [0.25, 0.3) is 5.91 Å². The predicted molar refractivity (Wildman–Crippen MR) is 58.0 cm³/mol. The monoisotopic (exact) mass is 259 g/mol. The van der Waals surface area contributed by atoms with Crippen molar-refractivity contribution < 1.29 is 23.1 Å². The number of carbonyl (C=O) groups is 1. The van der Waals surface area contributed by atoms with Crippen LogP contribution in [0.4, 0.5) is 13.2 Å². The number of likely N-dealkylation sites (tertiary alicyclic amines) is 1. The van der Waals surface area contributed by atoms with E-state index in [1.54, 1.807) is 6.92 Å². The van der Waals surface area contributed by atoms with E-state index in [0.717, 1.165) is 24.3 Å². The Morgan fingerprint density at radius 1 is 1.28 bits per heavy atom. The molecule has 1 aliphatic rings. The Morgan fingerprint density at radius 3 is 2.17 bits per heavy atom. The zero-order chi connectivity index (χ0) is 13.6. The second-order valence-electron chi connectivity index (χ2n) is 4.73. The molecular weight excluding hydrogens is 247 g/mol. The highest BCUT2D eigenvalue weighted by molar-refractivity contribution is 5.95. The van der Waals surface area contributed by atoms with E-state index in [-0.39, 0.29) is 24.6 Å². The summed E-state index contributed by atoms with van der Waals surface area (Å²) in [6.07, 6.45) is -4.40. The summed E-state index contributed by atoms with van der Waals surface area (Å²) in [4.78, 5) is 13.2. The van der Waals surface area contributed by atoms with Crippen LogP contribution in [0.25, 0.3) is 0 Å². The van der Waals surface area contributed by atoms with Gasteiger partial charge < -0.3 is 10.0 Å². The molecule has 1 aromatic rings. The lowest BCUT2D eigenvalue weighted by atomic mass is 9.96. The number of nitrogens with zero attached hydrogens (tertiary/aromatic N) is 1. The van der Waals surface area contributed by atoms with Crippen LogP contribution < -0.4 is 0 Å². The van der Waals surface area contributed by atoms with Crippen LogP contribution in [-0.4, -0.2) is 34.6 Å². The number of halogens is 3. The topological polar surface area (TPSA) is 40.5 Å². The lowest BCUT2D eigenvalue weighted by Gasteiger charge is -2.44. The second kappa shape index (κ2) is 3.98. The van der Waals surface area contributed by atoms with Crippen LogP contribution in [0.3, 0.4) is 0 Å². The van der Waals surface area contributed by atoms with Crippen molar-refractivity contribution in [1.82, 2.24) is 4.90 Å². The molecule has 1 saturated heterocycles. The molecule has 0 bridgehead atoms. The van der Waals surface area contributed by atoms with Crippen molar-refractivity contribution in [2.75, 3.05) is 13.1 Å². The highest BCUT2D eigenvalue weighted by Crippen LogP contribution is 2.29. The molecule has 1 aromatic carbocycles. The van der Waals surface area contributed by atoms with Crippen molar-refractivity contribution >= 4 is 5.91 Å². The number of hydrogen-bond donors (Lipinski definition) is 1. The van der Waals surface area contributed by atoms with Gasteiger partial charge in [0.15, 0.2) is 0 Å². The number of carbonyl (C=O) groups excluding carboxylic acids is 1. The summed E-state index contributed by atoms with van der Waals surface area (Å²) in [7, 11) is 0. The smallest absolute Gasteiger partial charge is 0.386 e. The van der Waals surface area contributed by atoms with E-state index in [1.807, 2.05) is 0 Å². The van der Waals surface area contributed by atoms with Gasteiger partial charge in [-0.15, -0.1) is 0 Å². The standard InChI is InChI=1S/C12H12F3NO2/c1-11(18)6-16(7-11)10(17)8-2-4-9(5-3-8)12(13,14)15/h2-5,18H,6-7H2,1H3. The Balaban J connectivity index is 2.09. The molecule has 0 atom stereocenters. The SMILES string of the molecule is CC1(O)CN(C(=O)c2ccc(C(F)(F)F)cc2)C1. The van der Waals surface area contributed by atoms with Gasteiger partial charge in [-0.25, -0.2) is 0 Å². The molecule has 18 heavy (non-hydrogen) atoms. The quantitative estimate of drug-likeness (QED) is 0.837. The van der Waals surface area contributed by atoms with Crippen molar-refractivity contribution in [3.05, 3.63) is 35.4 Å². The van der Waals surface area contributed by atoms with Gasteiger partial charge in [-0.2, -0.15) is 13.2 Å². The fourth-order valence-electron chi connectivity index (χ4n) is 1.90. The second-order valence-corrected chi connectivity index (χ2v) is 4.73. The molecule has 0 aromatic heterocycles. The lowest BCUT2D eigenvalue weighted by molar-refractivity contribution is -0.137. The number of hydrogen-bond acceptors (Lipinski definition) is 2. The molecule has 6 heteroatoms. The first kappa shape index (κ1) is 12.9. The summed E-state index contributed by atoms with van der Waals surface area (Å²) >= 11 is 0. The van der Waals surface area contributed by atoms with Crippen LogP contribution in [0.5, 0.6) is 0 Å². The number of benzene rings is 1. The Kier molecular flexibility index (Phi) is 2.85. The van der Waals surface area contributed by atoms with Crippen LogP contribution in [0.15, 0.2) is 24.3 Å². The van der Waals surface area contributed by atoms with Crippen LogP contribution in [-0.2, 0) is 6.18 Å². The van der Waals surface area contributed by atoms with Crippen molar-refractivity contribution in [3.8, 4) is 0 Å². The van der Waals surface area contributed by atoms with Crippen molar-refractivity contribution in [1.29, 1.82) is 0 Å². The first-order valence-electron chi connectivity index (χ1n) is 5.38. The summed E-state index contributed by atoms with van der Waals surface area (Å²) in [5, 5.41) is 9.49. The lowest BCUT2D eigenvalue weighted by Crippen LogP contribution is -2.61. The summed E-state index contributed by atoms with van der Waals surface area (Å²) < 4.78 is 37.0. The summed E-state index contributed by atoms with van der Waals surface area (Å²) in [5.74, 6) is -0.366. The maximum atomic E-state index is 12.3. The molecule has 98 valence electrons. The van der Waals surface area contributed by atoms with Crippen LogP contribution >= 0.6 is 0 Å². The number of rotatable bonds is 1. The van der Waals surface area contributed by atoms with Gasteiger partial charge in [0.05, 0.1) is 24.3 Å². The summed E-state index contributed by atoms with van der Waals surface area (Å²) in [5.41, 5.74) is -1.48. The first-order chi connectivity index (χ1) is 8.19. The van der Waals surface area contributed by atoms with Gasteiger partial charge in [-0.05, 0) is 31.2 Å². The fourth-order valence-corrected chi connectivity index (χ4v) is 1.90. The molecule has 1 amide bonds. The molecule has 3 nitrogen and oxygen atoms in total. The Morgan fingerprint density at radius 2 is 1.78 bits per heavy atom. The summed E-state index contributed by atoms with van der Waals surface area (Å²) in [6.45, 7) is 2.00. The third-order valence-corrected chi connectivity index (χ3v) is 2.81. The van der Waals surface area contributed by atoms with E-state index < -0.39 is 17.3 Å². The van der Waals surface area contributed by atoms with Crippen LogP contribution in [0, 0.1) is 0 Å². The molecule has 0 spiro atoms. The molecule has 1 heterocycles. The minimum atomic E-state index is -4.40. The minimum Gasteiger partial charge on any atom is -0.386 e. The van der Waals surface area contributed by atoms with Crippen LogP contribution in [0.1, 0.15) is 22.8 Å². The third kappa shape index (κ3) is 2.48. The van der Waals surface area contributed by atoms with Crippen molar-refractivity contribution in [3.63, 3.8) is 0 Å². The summed E-state index contributed by atoms with van der Waals surface area (Å²) in [6, 6.07) is 4.06. The fraction of sp³-hybridized carbons (Fsp3) is 0.417. The average Bonchev–Trinajstić information content (AvgIpc) is 2.24. The maximum absolute atomic E-state index is 12.3. The molecule has 1 aliphatic heterocycles. The normalized spacial score (nSPS) is 18.4. The maximum Gasteiger partial charge on any atom is 0.416 e. The largest absolute Gasteiger partial charge is 0.416 e. The number of β-amino-alcohol motifs (C(OH)–C–C–N with tert-alkyl or cyclic N) is 1. The van der Waals surface area contributed by atoms with E-state index in [1.165, 1.54) is 4.90 Å². The molecule has 0 unspecified atom stereocenters. The Labute approximate surface area is 102 Å². The van der Waals surface area contributed by atoms with E-state index in [2.05, 4.69) is 0 Å². The van der Waals surface area contributed by atoms with Gasteiger partial charge in [-0.3, -0.25) is 4.79 Å². The predicted octanol–water partition coefficient (Wildman–Crippen LogP) is 1.91. The molecule has 0 aliphatic carbocycles. The molecule has 1 fully saturated rings. The van der Waals surface area contributed by atoms with Crippen LogP contribution in [0.2, 0.25) is 0 Å². The average molecular weight is 259 g/mol. The number of amides is 1. The highest BCUT2D eigenvalue weighted by atomic mass is 19.4. The van der Waals surface area contributed by atoms with E-state index in [0.29, 0.717) is 0 Å². The van der Waals surface area contributed by atoms with E-state index in [4.69, 9.17) is 0 Å². The third-order valence-electron chi connectivity index (χ3n) is 2.81. The minimum absolute atomic E-state index is 0.193. The Hall–Kier alpha value is -1.56. The van der Waals surface area contributed by atoms with Gasteiger partial charge >= 0.3 is 6.18 Å². The first-order valence-corrected chi connectivity index (χ1v) is 5.38. The van der Waals surface area contributed by atoms with Gasteiger partial charge in [0.1, 0.15) is 0 Å². The van der Waals surface area contributed by atoms with Gasteiger partial charge in [-0.1, -0.05) is 0 Å². The number of alkyl halides is 3. The molecule has 0 radical (unpaired) electrons. The zero-order valence-electron chi connectivity index (χ0n) is 9.66. The molecular formula is C12H12F3NO2. The molecule has 1 N–H and O–H groups in total. The van der Waals surface area contributed by atoms with Crippen molar-refractivity contribution in [2.45, 2.75) is 18.7 Å². The van der Waals surface area contributed by atoms with Gasteiger partial charge in [0.2, 0.25) is 0 Å². The van der Waals surface area contributed by atoms with Crippen molar-refractivity contribution in [2.24, 2.45) is 0 Å².